The van der Waals surface area contributed by atoms with Crippen molar-refractivity contribution < 1.29 is 9.13 Å². The number of benzene rings is 1. The van der Waals surface area contributed by atoms with Crippen LogP contribution in [0.5, 0.6) is 5.75 Å². The van der Waals surface area contributed by atoms with Crippen molar-refractivity contribution in [2.24, 2.45) is 0 Å². The second-order valence-electron chi connectivity index (χ2n) is 4.30. The quantitative estimate of drug-likeness (QED) is 0.702. The molecule has 0 heterocycles. The van der Waals surface area contributed by atoms with Crippen LogP contribution in [0.1, 0.15) is 33.1 Å². The maximum Gasteiger partial charge on any atom is 0.123 e. The zero-order valence-electron chi connectivity index (χ0n) is 10.7. The first-order valence-corrected chi connectivity index (χ1v) is 6.34. The lowest BCUT2D eigenvalue weighted by atomic mass is 10.2. The SMILES string of the molecule is CCCNC(C)CCCOc1ccc(F)cc1. The molecule has 0 fully saturated rings. The molecule has 1 aromatic carbocycles. The molecule has 1 aromatic rings. The summed E-state index contributed by atoms with van der Waals surface area (Å²) in [6.45, 7) is 6.11. The highest BCUT2D eigenvalue weighted by Crippen LogP contribution is 2.11. The van der Waals surface area contributed by atoms with Crippen LogP contribution in [0, 0.1) is 5.82 Å². The van der Waals surface area contributed by atoms with Crippen LogP contribution >= 0.6 is 0 Å². The number of hydrogen-bond donors (Lipinski definition) is 1. The van der Waals surface area contributed by atoms with E-state index in [0.717, 1.165) is 31.6 Å². The third kappa shape index (κ3) is 6.27. The van der Waals surface area contributed by atoms with Gasteiger partial charge in [0.25, 0.3) is 0 Å². The summed E-state index contributed by atoms with van der Waals surface area (Å²) < 4.78 is 18.2. The smallest absolute Gasteiger partial charge is 0.123 e. The summed E-state index contributed by atoms with van der Waals surface area (Å²) >= 11 is 0. The molecule has 0 aromatic heterocycles. The van der Waals surface area contributed by atoms with Crippen molar-refractivity contribution in [1.82, 2.24) is 5.32 Å². The molecule has 17 heavy (non-hydrogen) atoms. The van der Waals surface area contributed by atoms with Crippen molar-refractivity contribution >= 4 is 0 Å². The Bertz CT molecular complexity index is 300. The summed E-state index contributed by atoms with van der Waals surface area (Å²) in [6, 6.07) is 6.69. The van der Waals surface area contributed by atoms with E-state index in [4.69, 9.17) is 4.74 Å². The summed E-state index contributed by atoms with van der Waals surface area (Å²) in [5.41, 5.74) is 0. The highest BCUT2D eigenvalue weighted by Gasteiger charge is 2.00. The van der Waals surface area contributed by atoms with E-state index < -0.39 is 0 Å². The molecular weight excluding hydrogens is 217 g/mol. The van der Waals surface area contributed by atoms with Gasteiger partial charge in [0.2, 0.25) is 0 Å². The Kier molecular flexibility index (Phi) is 6.63. The largest absolute Gasteiger partial charge is 0.494 e. The van der Waals surface area contributed by atoms with Gasteiger partial charge in [0.05, 0.1) is 6.61 Å². The van der Waals surface area contributed by atoms with Crippen molar-refractivity contribution in [3.8, 4) is 5.75 Å². The molecule has 0 aliphatic heterocycles. The minimum absolute atomic E-state index is 0.227. The molecule has 0 amide bonds. The summed E-state index contributed by atoms with van der Waals surface area (Å²) in [4.78, 5) is 0. The molecule has 0 saturated heterocycles. The lowest BCUT2D eigenvalue weighted by Crippen LogP contribution is -2.26. The molecule has 0 saturated carbocycles. The van der Waals surface area contributed by atoms with Crippen molar-refractivity contribution in [2.75, 3.05) is 13.2 Å². The van der Waals surface area contributed by atoms with Crippen molar-refractivity contribution in [3.05, 3.63) is 30.1 Å². The van der Waals surface area contributed by atoms with Gasteiger partial charge in [-0.25, -0.2) is 4.39 Å². The first-order chi connectivity index (χ1) is 8.22. The normalized spacial score (nSPS) is 12.4. The second kappa shape index (κ2) is 8.07. The fourth-order valence-corrected chi connectivity index (χ4v) is 1.60. The van der Waals surface area contributed by atoms with Gasteiger partial charge in [-0.3, -0.25) is 0 Å². The third-order valence-corrected chi connectivity index (χ3v) is 2.61. The van der Waals surface area contributed by atoms with Crippen molar-refractivity contribution in [2.45, 2.75) is 39.2 Å². The van der Waals surface area contributed by atoms with Crippen LogP contribution in [-0.2, 0) is 0 Å². The molecule has 0 spiro atoms. The molecule has 1 rings (SSSR count). The van der Waals surface area contributed by atoms with Gasteiger partial charge in [0.1, 0.15) is 11.6 Å². The van der Waals surface area contributed by atoms with E-state index >= 15 is 0 Å². The summed E-state index contributed by atoms with van der Waals surface area (Å²) in [5, 5.41) is 3.43. The van der Waals surface area contributed by atoms with Crippen LogP contribution in [0.4, 0.5) is 4.39 Å². The molecule has 0 radical (unpaired) electrons. The molecule has 1 unspecified atom stereocenters. The van der Waals surface area contributed by atoms with Crippen LogP contribution in [0.3, 0.4) is 0 Å². The lowest BCUT2D eigenvalue weighted by Gasteiger charge is -2.13. The predicted molar refractivity (Wildman–Crippen MR) is 68.9 cm³/mol. The van der Waals surface area contributed by atoms with E-state index in [0.29, 0.717) is 12.6 Å². The van der Waals surface area contributed by atoms with Gasteiger partial charge in [0, 0.05) is 6.04 Å². The molecule has 1 N–H and O–H groups in total. The Morgan fingerprint density at radius 2 is 2.00 bits per heavy atom. The van der Waals surface area contributed by atoms with Gasteiger partial charge in [-0.2, -0.15) is 0 Å². The van der Waals surface area contributed by atoms with Gasteiger partial charge in [-0.15, -0.1) is 0 Å². The lowest BCUT2D eigenvalue weighted by molar-refractivity contribution is 0.297. The number of halogens is 1. The Hall–Kier alpha value is -1.09. The zero-order valence-corrected chi connectivity index (χ0v) is 10.7. The highest BCUT2D eigenvalue weighted by atomic mass is 19.1. The van der Waals surface area contributed by atoms with E-state index in [1.54, 1.807) is 12.1 Å². The maximum absolute atomic E-state index is 12.6. The standard InChI is InChI=1S/C14H22FNO/c1-3-10-16-12(2)5-4-11-17-14-8-6-13(15)7-9-14/h6-9,12,16H,3-5,10-11H2,1-2H3. The van der Waals surface area contributed by atoms with Crippen LogP contribution in [-0.4, -0.2) is 19.2 Å². The molecule has 0 aliphatic rings. The van der Waals surface area contributed by atoms with Crippen molar-refractivity contribution in [1.29, 1.82) is 0 Å². The Balaban J connectivity index is 2.09. The fourth-order valence-electron chi connectivity index (χ4n) is 1.60. The summed E-state index contributed by atoms with van der Waals surface area (Å²) in [6.07, 6.45) is 3.27. The number of hydrogen-bond acceptors (Lipinski definition) is 2. The zero-order chi connectivity index (χ0) is 12.5. The average molecular weight is 239 g/mol. The van der Waals surface area contributed by atoms with Gasteiger partial charge >= 0.3 is 0 Å². The van der Waals surface area contributed by atoms with Crippen LogP contribution in [0.25, 0.3) is 0 Å². The Morgan fingerprint density at radius 3 is 2.65 bits per heavy atom. The fraction of sp³-hybridized carbons (Fsp3) is 0.571. The average Bonchev–Trinajstić information content (AvgIpc) is 2.34. The van der Waals surface area contributed by atoms with Crippen LogP contribution in [0.2, 0.25) is 0 Å². The van der Waals surface area contributed by atoms with Gasteiger partial charge in [-0.1, -0.05) is 6.92 Å². The molecule has 1 atom stereocenters. The van der Waals surface area contributed by atoms with Gasteiger partial charge < -0.3 is 10.1 Å². The topological polar surface area (TPSA) is 21.3 Å². The molecule has 0 bridgehead atoms. The minimum Gasteiger partial charge on any atom is -0.494 e. The molecule has 3 heteroatoms. The monoisotopic (exact) mass is 239 g/mol. The first-order valence-electron chi connectivity index (χ1n) is 6.34. The molecule has 2 nitrogen and oxygen atoms in total. The van der Waals surface area contributed by atoms with Crippen molar-refractivity contribution in [3.63, 3.8) is 0 Å². The molecular formula is C14H22FNO. The van der Waals surface area contributed by atoms with E-state index in [2.05, 4.69) is 19.2 Å². The van der Waals surface area contributed by atoms with E-state index in [9.17, 15) is 4.39 Å². The minimum atomic E-state index is -0.227. The molecule has 96 valence electrons. The number of ether oxygens (including phenoxy) is 1. The van der Waals surface area contributed by atoms with E-state index in [-0.39, 0.29) is 5.82 Å². The summed E-state index contributed by atoms with van der Waals surface area (Å²) in [5.74, 6) is 0.510. The number of rotatable bonds is 8. The summed E-state index contributed by atoms with van der Waals surface area (Å²) in [7, 11) is 0. The van der Waals surface area contributed by atoms with E-state index in [1.165, 1.54) is 12.1 Å². The molecule has 0 aliphatic carbocycles. The van der Waals surface area contributed by atoms with E-state index in [1.807, 2.05) is 0 Å². The predicted octanol–water partition coefficient (Wildman–Crippen LogP) is 3.37. The second-order valence-corrected chi connectivity index (χ2v) is 4.30. The van der Waals surface area contributed by atoms with Crippen LogP contribution < -0.4 is 10.1 Å². The Labute approximate surface area is 103 Å². The van der Waals surface area contributed by atoms with Gasteiger partial charge in [0.15, 0.2) is 0 Å². The Morgan fingerprint density at radius 1 is 1.29 bits per heavy atom. The maximum atomic E-state index is 12.6. The third-order valence-electron chi connectivity index (χ3n) is 2.61. The van der Waals surface area contributed by atoms with Gasteiger partial charge in [-0.05, 0) is 57.0 Å². The first kappa shape index (κ1) is 14.0. The number of nitrogens with one attached hydrogen (secondary N) is 1. The highest BCUT2D eigenvalue weighted by molar-refractivity contribution is 5.21. The van der Waals surface area contributed by atoms with Crippen LogP contribution in [0.15, 0.2) is 24.3 Å².